The monoisotopic (exact) mass is 290 g/mol. The summed E-state index contributed by atoms with van der Waals surface area (Å²) in [6.07, 6.45) is 4.07. The lowest BCUT2D eigenvalue weighted by Gasteiger charge is -2.25. The molecule has 2 atom stereocenters. The first-order valence-corrected chi connectivity index (χ1v) is 7.08. The molecule has 0 aliphatic rings. The van der Waals surface area contributed by atoms with Crippen LogP contribution in [0.2, 0.25) is 5.02 Å². The maximum Gasteiger partial charge on any atom is 0.140 e. The Morgan fingerprint density at radius 3 is 2.75 bits per heavy atom. The van der Waals surface area contributed by atoms with Crippen molar-refractivity contribution in [2.24, 2.45) is 5.73 Å². The smallest absolute Gasteiger partial charge is 0.140 e. The van der Waals surface area contributed by atoms with Gasteiger partial charge in [0.1, 0.15) is 11.9 Å². The normalized spacial score (nSPS) is 13.8. The van der Waals surface area contributed by atoms with Gasteiger partial charge in [0, 0.05) is 24.0 Å². The van der Waals surface area contributed by atoms with Crippen LogP contribution in [0.15, 0.2) is 42.7 Å². The van der Waals surface area contributed by atoms with Gasteiger partial charge >= 0.3 is 0 Å². The van der Waals surface area contributed by atoms with Crippen molar-refractivity contribution in [1.82, 2.24) is 4.98 Å². The number of nitrogens with zero attached hydrogens (tertiary/aromatic N) is 1. The second kappa shape index (κ2) is 6.73. The number of hydrogen-bond donors (Lipinski definition) is 1. The van der Waals surface area contributed by atoms with Crippen LogP contribution < -0.4 is 10.5 Å². The number of ether oxygens (including phenoxy) is 1. The molecule has 0 aliphatic heterocycles. The molecule has 2 aromatic rings. The number of rotatable bonds is 5. The predicted octanol–water partition coefficient (Wildman–Crippen LogP) is 3.90. The van der Waals surface area contributed by atoms with Crippen molar-refractivity contribution in [1.29, 1.82) is 0 Å². The fourth-order valence-corrected chi connectivity index (χ4v) is 2.28. The lowest BCUT2D eigenvalue weighted by Crippen LogP contribution is -2.31. The summed E-state index contributed by atoms with van der Waals surface area (Å²) in [5.41, 5.74) is 8.24. The highest BCUT2D eigenvalue weighted by Gasteiger charge is 2.21. The maximum atomic E-state index is 6.23. The Bertz CT molecular complexity index is 560. The zero-order chi connectivity index (χ0) is 14.5. The van der Waals surface area contributed by atoms with Crippen molar-refractivity contribution in [2.75, 3.05) is 0 Å². The molecular formula is C16H19ClN2O. The summed E-state index contributed by atoms with van der Waals surface area (Å²) in [6, 6.07) is 9.47. The molecule has 106 valence electrons. The molecule has 20 heavy (non-hydrogen) atoms. The molecule has 2 unspecified atom stereocenters. The second-order valence-corrected chi connectivity index (χ2v) is 5.24. The van der Waals surface area contributed by atoms with Gasteiger partial charge in [0.05, 0.1) is 5.02 Å². The van der Waals surface area contributed by atoms with Crippen LogP contribution in [0.5, 0.6) is 5.75 Å². The van der Waals surface area contributed by atoms with Crippen LogP contribution in [0.1, 0.15) is 30.6 Å². The van der Waals surface area contributed by atoms with Crippen LogP contribution in [0.25, 0.3) is 0 Å². The average molecular weight is 291 g/mol. The number of aryl methyl sites for hydroxylation is 1. The van der Waals surface area contributed by atoms with Gasteiger partial charge < -0.3 is 10.5 Å². The van der Waals surface area contributed by atoms with Crippen molar-refractivity contribution in [3.8, 4) is 5.75 Å². The standard InChI is InChI=1S/C16H19ClN2O/c1-3-14(18)16(12-5-4-8-19-10-12)20-15-7-6-11(2)9-13(15)17/h4-10,14,16H,3,18H2,1-2H3. The molecule has 0 saturated carbocycles. The van der Waals surface area contributed by atoms with Crippen LogP contribution >= 0.6 is 11.6 Å². The first-order chi connectivity index (χ1) is 9.61. The summed E-state index contributed by atoms with van der Waals surface area (Å²) in [6.45, 7) is 4.03. The van der Waals surface area contributed by atoms with Crippen molar-refractivity contribution >= 4 is 11.6 Å². The predicted molar refractivity (Wildman–Crippen MR) is 82.1 cm³/mol. The van der Waals surface area contributed by atoms with Crippen molar-refractivity contribution in [2.45, 2.75) is 32.4 Å². The summed E-state index contributed by atoms with van der Waals surface area (Å²) in [5.74, 6) is 0.648. The quantitative estimate of drug-likeness (QED) is 0.908. The van der Waals surface area contributed by atoms with Gasteiger partial charge in [-0.15, -0.1) is 0 Å². The van der Waals surface area contributed by atoms with Gasteiger partial charge in [-0.05, 0) is 37.1 Å². The van der Waals surface area contributed by atoms with Gasteiger partial charge in [-0.1, -0.05) is 30.7 Å². The van der Waals surface area contributed by atoms with E-state index in [-0.39, 0.29) is 12.1 Å². The lowest BCUT2D eigenvalue weighted by molar-refractivity contribution is 0.171. The molecule has 1 heterocycles. The Labute approximate surface area is 124 Å². The first-order valence-electron chi connectivity index (χ1n) is 6.70. The summed E-state index contributed by atoms with van der Waals surface area (Å²) in [5, 5.41) is 0.599. The molecule has 0 radical (unpaired) electrons. The number of benzene rings is 1. The molecule has 0 aliphatic carbocycles. The highest BCUT2D eigenvalue weighted by Crippen LogP contribution is 2.31. The Morgan fingerprint density at radius 2 is 2.15 bits per heavy atom. The van der Waals surface area contributed by atoms with Gasteiger partial charge in [0.2, 0.25) is 0 Å². The molecule has 0 saturated heterocycles. The van der Waals surface area contributed by atoms with E-state index in [0.717, 1.165) is 17.5 Å². The summed E-state index contributed by atoms with van der Waals surface area (Å²) in [4.78, 5) is 4.13. The van der Waals surface area contributed by atoms with Gasteiger partial charge in [-0.2, -0.15) is 0 Å². The molecule has 0 bridgehead atoms. The summed E-state index contributed by atoms with van der Waals surface area (Å²) in [7, 11) is 0. The van der Waals surface area contributed by atoms with Gasteiger partial charge in [0.15, 0.2) is 0 Å². The van der Waals surface area contributed by atoms with Gasteiger partial charge in [-0.3, -0.25) is 4.98 Å². The number of halogens is 1. The number of nitrogens with two attached hydrogens (primary N) is 1. The fourth-order valence-electron chi connectivity index (χ4n) is 2.00. The van der Waals surface area contributed by atoms with Crippen LogP contribution in [0.3, 0.4) is 0 Å². The van der Waals surface area contributed by atoms with E-state index < -0.39 is 0 Å². The van der Waals surface area contributed by atoms with Crippen LogP contribution in [-0.2, 0) is 0 Å². The topological polar surface area (TPSA) is 48.1 Å². The van der Waals surface area contributed by atoms with Crippen LogP contribution in [-0.4, -0.2) is 11.0 Å². The lowest BCUT2D eigenvalue weighted by atomic mass is 10.0. The van der Waals surface area contributed by atoms with Crippen molar-refractivity contribution in [3.05, 3.63) is 58.9 Å². The molecule has 0 amide bonds. The van der Waals surface area contributed by atoms with E-state index in [1.165, 1.54) is 0 Å². The minimum Gasteiger partial charge on any atom is -0.482 e. The van der Waals surface area contributed by atoms with E-state index in [0.29, 0.717) is 10.8 Å². The highest BCUT2D eigenvalue weighted by atomic mass is 35.5. The number of hydrogen-bond acceptors (Lipinski definition) is 3. The average Bonchev–Trinajstić information content (AvgIpc) is 2.46. The van der Waals surface area contributed by atoms with Crippen molar-refractivity contribution < 1.29 is 4.74 Å². The second-order valence-electron chi connectivity index (χ2n) is 4.83. The Kier molecular flexibility index (Phi) is 4.99. The zero-order valence-corrected chi connectivity index (χ0v) is 12.5. The van der Waals surface area contributed by atoms with E-state index in [2.05, 4.69) is 4.98 Å². The molecule has 0 fully saturated rings. The molecule has 0 spiro atoms. The van der Waals surface area contributed by atoms with Crippen molar-refractivity contribution in [3.63, 3.8) is 0 Å². The van der Waals surface area contributed by atoms with E-state index >= 15 is 0 Å². The molecule has 3 nitrogen and oxygen atoms in total. The number of aromatic nitrogens is 1. The Balaban J connectivity index is 2.29. The van der Waals surface area contributed by atoms with E-state index in [4.69, 9.17) is 22.1 Å². The summed E-state index contributed by atoms with van der Waals surface area (Å²) < 4.78 is 6.04. The maximum absolute atomic E-state index is 6.23. The van der Waals surface area contributed by atoms with Gasteiger partial charge in [0.25, 0.3) is 0 Å². The van der Waals surface area contributed by atoms with Gasteiger partial charge in [-0.25, -0.2) is 0 Å². The Hall–Kier alpha value is -1.58. The molecular weight excluding hydrogens is 272 g/mol. The fraction of sp³-hybridized carbons (Fsp3) is 0.312. The van der Waals surface area contributed by atoms with Crippen LogP contribution in [0, 0.1) is 6.92 Å². The number of pyridine rings is 1. The van der Waals surface area contributed by atoms with Crippen LogP contribution in [0.4, 0.5) is 0 Å². The largest absolute Gasteiger partial charge is 0.482 e. The minimum atomic E-state index is -0.256. The Morgan fingerprint density at radius 1 is 1.35 bits per heavy atom. The van der Waals surface area contributed by atoms with E-state index in [1.807, 2.05) is 44.2 Å². The first kappa shape index (κ1) is 14.8. The third kappa shape index (κ3) is 3.50. The van der Waals surface area contributed by atoms with E-state index in [9.17, 15) is 0 Å². The molecule has 4 heteroatoms. The third-order valence-electron chi connectivity index (χ3n) is 3.21. The molecule has 2 rings (SSSR count). The zero-order valence-electron chi connectivity index (χ0n) is 11.7. The molecule has 1 aromatic heterocycles. The van der Waals surface area contributed by atoms with E-state index in [1.54, 1.807) is 12.4 Å². The third-order valence-corrected chi connectivity index (χ3v) is 3.51. The summed E-state index contributed by atoms with van der Waals surface area (Å²) >= 11 is 6.23. The minimum absolute atomic E-state index is 0.114. The SMILES string of the molecule is CCC(N)C(Oc1ccc(C)cc1Cl)c1cccnc1. The highest BCUT2D eigenvalue weighted by molar-refractivity contribution is 6.32. The molecule has 2 N–H and O–H groups in total. The molecule has 1 aromatic carbocycles.